The fourth-order valence-corrected chi connectivity index (χ4v) is 2.05. The number of amides is 2. The zero-order valence-corrected chi connectivity index (χ0v) is 12.9. The standard InChI is InChI=1S/C14H26N2O3/c1-7-14(6)12(18)16(10(2)11(17)15-14)8-9-19-13(3,4)5/h10H,7-9H2,1-6H3,(H,15,17). The molecule has 2 amide bonds. The Kier molecular flexibility index (Phi) is 4.61. The predicted molar refractivity (Wildman–Crippen MR) is 73.7 cm³/mol. The van der Waals surface area contributed by atoms with Crippen LogP contribution in [0.2, 0.25) is 0 Å². The van der Waals surface area contributed by atoms with Crippen molar-refractivity contribution in [1.82, 2.24) is 10.2 Å². The molecule has 0 aromatic rings. The SMILES string of the molecule is CCC1(C)NC(=O)C(C)N(CCOC(C)(C)C)C1=O. The molecule has 1 N–H and O–H groups in total. The van der Waals surface area contributed by atoms with Gasteiger partial charge in [0.05, 0.1) is 12.2 Å². The first-order valence-corrected chi connectivity index (χ1v) is 6.88. The lowest BCUT2D eigenvalue weighted by atomic mass is 9.92. The third-order valence-electron chi connectivity index (χ3n) is 3.55. The van der Waals surface area contributed by atoms with Crippen LogP contribution >= 0.6 is 0 Å². The quantitative estimate of drug-likeness (QED) is 0.838. The molecule has 2 unspecified atom stereocenters. The highest BCUT2D eigenvalue weighted by molar-refractivity contribution is 5.99. The molecule has 0 saturated carbocycles. The number of hydrogen-bond acceptors (Lipinski definition) is 3. The monoisotopic (exact) mass is 270 g/mol. The second kappa shape index (κ2) is 5.49. The minimum atomic E-state index is -0.786. The van der Waals surface area contributed by atoms with Gasteiger partial charge in [-0.25, -0.2) is 0 Å². The lowest BCUT2D eigenvalue weighted by Gasteiger charge is -2.43. The van der Waals surface area contributed by atoms with E-state index in [0.717, 1.165) is 0 Å². The number of ether oxygens (including phenoxy) is 1. The lowest BCUT2D eigenvalue weighted by molar-refractivity contribution is -0.155. The van der Waals surface area contributed by atoms with Crippen molar-refractivity contribution in [3.8, 4) is 0 Å². The van der Waals surface area contributed by atoms with Crippen molar-refractivity contribution in [2.45, 2.75) is 65.1 Å². The van der Waals surface area contributed by atoms with Gasteiger partial charge in [0, 0.05) is 6.54 Å². The summed E-state index contributed by atoms with van der Waals surface area (Å²) in [6, 6.07) is -0.435. The molecule has 1 fully saturated rings. The number of nitrogens with one attached hydrogen (secondary N) is 1. The fourth-order valence-electron chi connectivity index (χ4n) is 2.05. The van der Waals surface area contributed by atoms with Gasteiger partial charge >= 0.3 is 0 Å². The number of hydrogen-bond donors (Lipinski definition) is 1. The van der Waals surface area contributed by atoms with Gasteiger partial charge in [0.25, 0.3) is 0 Å². The van der Waals surface area contributed by atoms with Crippen LogP contribution in [0.25, 0.3) is 0 Å². The van der Waals surface area contributed by atoms with Gasteiger partial charge in [0.1, 0.15) is 11.6 Å². The number of nitrogens with zero attached hydrogens (tertiary/aromatic N) is 1. The Morgan fingerprint density at radius 1 is 1.37 bits per heavy atom. The number of carbonyl (C=O) groups is 2. The Bertz CT molecular complexity index is 362. The molecule has 110 valence electrons. The maximum Gasteiger partial charge on any atom is 0.248 e. The van der Waals surface area contributed by atoms with E-state index in [4.69, 9.17) is 4.74 Å². The highest BCUT2D eigenvalue weighted by Gasteiger charge is 2.45. The van der Waals surface area contributed by atoms with Gasteiger partial charge in [-0.05, 0) is 41.0 Å². The van der Waals surface area contributed by atoms with Gasteiger partial charge in [-0.3, -0.25) is 9.59 Å². The summed E-state index contributed by atoms with van der Waals surface area (Å²) in [5, 5.41) is 2.81. The normalized spacial score (nSPS) is 28.5. The molecular formula is C14H26N2O3. The van der Waals surface area contributed by atoms with E-state index in [1.807, 2.05) is 27.7 Å². The van der Waals surface area contributed by atoms with E-state index in [-0.39, 0.29) is 17.4 Å². The van der Waals surface area contributed by atoms with E-state index in [1.54, 1.807) is 18.7 Å². The van der Waals surface area contributed by atoms with Gasteiger partial charge < -0.3 is 15.0 Å². The van der Waals surface area contributed by atoms with E-state index in [2.05, 4.69) is 5.32 Å². The summed E-state index contributed by atoms with van der Waals surface area (Å²) in [4.78, 5) is 26.0. The maximum atomic E-state index is 12.4. The van der Waals surface area contributed by atoms with E-state index in [9.17, 15) is 9.59 Å². The molecule has 0 aromatic carbocycles. The molecular weight excluding hydrogens is 244 g/mol. The molecule has 1 aliphatic rings. The first-order valence-electron chi connectivity index (χ1n) is 6.88. The molecule has 0 aliphatic carbocycles. The molecule has 0 aromatic heterocycles. The molecule has 19 heavy (non-hydrogen) atoms. The molecule has 1 heterocycles. The van der Waals surface area contributed by atoms with Crippen LogP contribution < -0.4 is 5.32 Å². The zero-order valence-electron chi connectivity index (χ0n) is 12.9. The van der Waals surface area contributed by atoms with Crippen molar-refractivity contribution in [2.75, 3.05) is 13.2 Å². The fraction of sp³-hybridized carbons (Fsp3) is 0.857. The van der Waals surface area contributed by atoms with E-state index in [1.165, 1.54) is 0 Å². The van der Waals surface area contributed by atoms with Crippen molar-refractivity contribution in [3.63, 3.8) is 0 Å². The molecule has 5 heteroatoms. The molecule has 0 radical (unpaired) electrons. The zero-order chi connectivity index (χ0) is 14.8. The maximum absolute atomic E-state index is 12.4. The number of carbonyl (C=O) groups excluding carboxylic acids is 2. The Hall–Kier alpha value is -1.10. The van der Waals surface area contributed by atoms with Crippen molar-refractivity contribution in [2.24, 2.45) is 0 Å². The first kappa shape index (κ1) is 16.0. The van der Waals surface area contributed by atoms with Crippen LogP contribution in [0.3, 0.4) is 0 Å². The number of rotatable bonds is 4. The van der Waals surface area contributed by atoms with Crippen LogP contribution in [0.15, 0.2) is 0 Å². The van der Waals surface area contributed by atoms with Crippen LogP contribution in [0.5, 0.6) is 0 Å². The van der Waals surface area contributed by atoms with Crippen molar-refractivity contribution < 1.29 is 14.3 Å². The van der Waals surface area contributed by atoms with Gasteiger partial charge in [0.2, 0.25) is 11.8 Å². The van der Waals surface area contributed by atoms with Crippen molar-refractivity contribution in [1.29, 1.82) is 0 Å². The van der Waals surface area contributed by atoms with Crippen LogP contribution in [0, 0.1) is 0 Å². The molecule has 1 rings (SSSR count). The Labute approximate surface area is 115 Å². The summed E-state index contributed by atoms with van der Waals surface area (Å²) in [6.07, 6.45) is 0.584. The van der Waals surface area contributed by atoms with Crippen LogP contribution in [-0.2, 0) is 14.3 Å². The van der Waals surface area contributed by atoms with Crippen molar-refractivity contribution >= 4 is 11.8 Å². The third kappa shape index (κ3) is 3.69. The summed E-state index contributed by atoms with van der Waals surface area (Å²) in [5.74, 6) is -0.126. The molecule has 1 aliphatic heterocycles. The number of piperazine rings is 1. The first-order chi connectivity index (χ1) is 8.60. The highest BCUT2D eigenvalue weighted by atomic mass is 16.5. The topological polar surface area (TPSA) is 58.6 Å². The summed E-state index contributed by atoms with van der Waals surface area (Å²) in [6.45, 7) is 12.2. The molecule has 0 bridgehead atoms. The third-order valence-corrected chi connectivity index (χ3v) is 3.55. The summed E-state index contributed by atoms with van der Waals surface area (Å²) < 4.78 is 5.64. The van der Waals surface area contributed by atoms with Crippen LogP contribution in [0.1, 0.15) is 48.0 Å². The van der Waals surface area contributed by atoms with Crippen LogP contribution in [-0.4, -0.2) is 47.0 Å². The molecule has 1 saturated heterocycles. The van der Waals surface area contributed by atoms with E-state index >= 15 is 0 Å². The van der Waals surface area contributed by atoms with Crippen LogP contribution in [0.4, 0.5) is 0 Å². The average molecular weight is 270 g/mol. The Balaban J connectivity index is 2.73. The second-order valence-corrected chi connectivity index (χ2v) is 6.31. The predicted octanol–water partition coefficient (Wildman–Crippen LogP) is 1.32. The Morgan fingerprint density at radius 3 is 2.42 bits per heavy atom. The van der Waals surface area contributed by atoms with Gasteiger partial charge in [-0.15, -0.1) is 0 Å². The highest BCUT2D eigenvalue weighted by Crippen LogP contribution is 2.21. The summed E-state index contributed by atoms with van der Waals surface area (Å²) in [7, 11) is 0. The Morgan fingerprint density at radius 2 is 1.95 bits per heavy atom. The smallest absolute Gasteiger partial charge is 0.248 e. The lowest BCUT2D eigenvalue weighted by Crippen LogP contribution is -2.68. The van der Waals surface area contributed by atoms with Gasteiger partial charge in [0.15, 0.2) is 0 Å². The second-order valence-electron chi connectivity index (χ2n) is 6.31. The molecule has 5 nitrogen and oxygen atoms in total. The minimum absolute atomic E-state index is 0.0281. The molecule has 2 atom stereocenters. The van der Waals surface area contributed by atoms with Gasteiger partial charge in [-0.1, -0.05) is 6.92 Å². The molecule has 0 spiro atoms. The van der Waals surface area contributed by atoms with Gasteiger partial charge in [-0.2, -0.15) is 0 Å². The summed E-state index contributed by atoms with van der Waals surface area (Å²) >= 11 is 0. The minimum Gasteiger partial charge on any atom is -0.374 e. The van der Waals surface area contributed by atoms with E-state index in [0.29, 0.717) is 19.6 Å². The van der Waals surface area contributed by atoms with E-state index < -0.39 is 11.6 Å². The summed E-state index contributed by atoms with van der Waals surface area (Å²) in [5.41, 5.74) is -1.02. The largest absolute Gasteiger partial charge is 0.374 e. The van der Waals surface area contributed by atoms with Crippen molar-refractivity contribution in [3.05, 3.63) is 0 Å². The average Bonchev–Trinajstić information content (AvgIpc) is 2.30.